The van der Waals surface area contributed by atoms with Gasteiger partial charge in [0.2, 0.25) is 0 Å². The molecule has 0 aromatic heterocycles. The molecule has 0 radical (unpaired) electrons. The van der Waals surface area contributed by atoms with E-state index in [1.54, 1.807) is 0 Å². The first-order valence-electron chi connectivity index (χ1n) is 10.7. The fourth-order valence-corrected chi connectivity index (χ4v) is 3.15. The van der Waals surface area contributed by atoms with Gasteiger partial charge in [0, 0.05) is 12.0 Å². The fourth-order valence-electron chi connectivity index (χ4n) is 3.15. The summed E-state index contributed by atoms with van der Waals surface area (Å²) in [5.74, 6) is -1.48. The van der Waals surface area contributed by atoms with Gasteiger partial charge >= 0.3 is 11.9 Å². The molecule has 0 atom stereocenters. The molecule has 0 fully saturated rings. The lowest BCUT2D eigenvalue weighted by Gasteiger charge is -2.04. The van der Waals surface area contributed by atoms with Crippen LogP contribution in [0.15, 0.2) is 11.6 Å². The first-order chi connectivity index (χ1) is 12.6. The second-order valence-electron chi connectivity index (χ2n) is 7.31. The predicted octanol–water partition coefficient (Wildman–Crippen LogP) is 6.73. The zero-order valence-electron chi connectivity index (χ0n) is 16.8. The molecule has 0 heterocycles. The Kier molecular flexibility index (Phi) is 17.5. The van der Waals surface area contributed by atoms with Crippen LogP contribution in [0.5, 0.6) is 0 Å². The Hall–Kier alpha value is -1.32. The van der Waals surface area contributed by atoms with E-state index in [0.29, 0.717) is 12.0 Å². The Morgan fingerprint density at radius 3 is 1.62 bits per heavy atom. The number of carboxylic acid groups (broad SMARTS) is 2. The maximum absolute atomic E-state index is 11.3. The molecule has 0 aliphatic heterocycles. The highest BCUT2D eigenvalue weighted by atomic mass is 16.4. The summed E-state index contributed by atoms with van der Waals surface area (Å²) in [5, 5.41) is 17.9. The van der Waals surface area contributed by atoms with Crippen molar-refractivity contribution in [3.8, 4) is 0 Å². The number of allylic oxidation sites excluding steroid dienone is 1. The summed E-state index contributed by atoms with van der Waals surface area (Å²) in [6.07, 6.45) is 19.6. The van der Waals surface area contributed by atoms with Crippen LogP contribution >= 0.6 is 0 Å². The predicted molar refractivity (Wildman–Crippen MR) is 108 cm³/mol. The van der Waals surface area contributed by atoms with Gasteiger partial charge in [-0.25, -0.2) is 4.79 Å². The van der Waals surface area contributed by atoms with Crippen LogP contribution in [0.1, 0.15) is 116 Å². The van der Waals surface area contributed by atoms with Gasteiger partial charge in [-0.2, -0.15) is 0 Å². The molecule has 0 spiro atoms. The minimum atomic E-state index is -0.762. The molecule has 0 bridgehead atoms. The van der Waals surface area contributed by atoms with Crippen LogP contribution in [-0.2, 0) is 9.59 Å². The van der Waals surface area contributed by atoms with Crippen molar-refractivity contribution in [3.05, 3.63) is 11.6 Å². The van der Waals surface area contributed by atoms with E-state index < -0.39 is 11.9 Å². The maximum atomic E-state index is 11.3. The molecule has 26 heavy (non-hydrogen) atoms. The Morgan fingerprint density at radius 1 is 0.654 bits per heavy atom. The first kappa shape index (κ1) is 24.7. The summed E-state index contributed by atoms with van der Waals surface area (Å²) in [5.41, 5.74) is 0.581. The van der Waals surface area contributed by atoms with Gasteiger partial charge < -0.3 is 10.2 Å². The summed E-state index contributed by atoms with van der Waals surface area (Å²) >= 11 is 0. The quantitative estimate of drug-likeness (QED) is 0.196. The molecule has 0 rings (SSSR count). The average molecular weight is 369 g/mol. The third-order valence-electron chi connectivity index (χ3n) is 4.81. The summed E-state index contributed by atoms with van der Waals surface area (Å²) in [6, 6.07) is 0. The van der Waals surface area contributed by atoms with Crippen molar-refractivity contribution in [1.29, 1.82) is 0 Å². The summed E-state index contributed by atoms with van der Waals surface area (Å²) < 4.78 is 0. The highest BCUT2D eigenvalue weighted by Crippen LogP contribution is 2.15. The normalized spacial score (nSPS) is 11.7. The van der Waals surface area contributed by atoms with Crippen LogP contribution in [-0.4, -0.2) is 22.2 Å². The zero-order valence-corrected chi connectivity index (χ0v) is 16.8. The molecule has 0 saturated carbocycles. The van der Waals surface area contributed by atoms with E-state index in [9.17, 15) is 14.7 Å². The Bertz CT molecular complexity index is 388. The van der Waals surface area contributed by atoms with Crippen molar-refractivity contribution in [2.45, 2.75) is 116 Å². The van der Waals surface area contributed by atoms with E-state index in [2.05, 4.69) is 6.92 Å². The molecular weight excluding hydrogens is 328 g/mol. The minimum Gasteiger partial charge on any atom is -0.481 e. The molecule has 0 unspecified atom stereocenters. The van der Waals surface area contributed by atoms with Crippen molar-refractivity contribution in [2.75, 3.05) is 0 Å². The molecule has 0 amide bonds. The molecule has 0 aromatic carbocycles. The van der Waals surface area contributed by atoms with E-state index in [1.165, 1.54) is 38.5 Å². The van der Waals surface area contributed by atoms with Crippen molar-refractivity contribution >= 4 is 11.9 Å². The SMILES string of the molecule is CCCCCCCCCC=C(CCCCCCCCCC(=O)O)C(=O)O. The number of hydrogen-bond acceptors (Lipinski definition) is 2. The second kappa shape index (κ2) is 18.5. The lowest BCUT2D eigenvalue weighted by Crippen LogP contribution is -2.00. The van der Waals surface area contributed by atoms with Gasteiger partial charge in [0.05, 0.1) is 0 Å². The van der Waals surface area contributed by atoms with Gasteiger partial charge in [0.15, 0.2) is 0 Å². The highest BCUT2D eigenvalue weighted by molar-refractivity contribution is 5.86. The van der Waals surface area contributed by atoms with Gasteiger partial charge in [-0.3, -0.25) is 4.79 Å². The number of carboxylic acids is 2. The number of aliphatic carboxylic acids is 2. The van der Waals surface area contributed by atoms with Gasteiger partial charge in [-0.15, -0.1) is 0 Å². The van der Waals surface area contributed by atoms with Gasteiger partial charge in [0.25, 0.3) is 0 Å². The van der Waals surface area contributed by atoms with Crippen LogP contribution in [0, 0.1) is 0 Å². The minimum absolute atomic E-state index is 0.269. The molecule has 0 aliphatic carbocycles. The van der Waals surface area contributed by atoms with Gasteiger partial charge in [-0.05, 0) is 32.1 Å². The molecule has 4 heteroatoms. The topological polar surface area (TPSA) is 74.6 Å². The van der Waals surface area contributed by atoms with Crippen LogP contribution in [0.25, 0.3) is 0 Å². The molecular formula is C22H40O4. The van der Waals surface area contributed by atoms with E-state index >= 15 is 0 Å². The number of unbranched alkanes of at least 4 members (excludes halogenated alkanes) is 13. The van der Waals surface area contributed by atoms with Gasteiger partial charge in [-0.1, -0.05) is 83.6 Å². The van der Waals surface area contributed by atoms with E-state index in [4.69, 9.17) is 5.11 Å². The van der Waals surface area contributed by atoms with Crippen LogP contribution in [0.2, 0.25) is 0 Å². The highest BCUT2D eigenvalue weighted by Gasteiger charge is 2.06. The smallest absolute Gasteiger partial charge is 0.331 e. The number of hydrogen-bond donors (Lipinski definition) is 2. The third kappa shape index (κ3) is 17.5. The number of rotatable bonds is 19. The zero-order chi connectivity index (χ0) is 19.5. The van der Waals surface area contributed by atoms with Gasteiger partial charge in [0.1, 0.15) is 0 Å². The Labute approximate surface area is 160 Å². The van der Waals surface area contributed by atoms with Crippen LogP contribution < -0.4 is 0 Å². The van der Waals surface area contributed by atoms with Crippen molar-refractivity contribution in [2.24, 2.45) is 0 Å². The van der Waals surface area contributed by atoms with Crippen molar-refractivity contribution in [1.82, 2.24) is 0 Å². The Morgan fingerprint density at radius 2 is 1.12 bits per heavy atom. The summed E-state index contributed by atoms with van der Waals surface area (Å²) in [7, 11) is 0. The molecule has 0 saturated heterocycles. The standard InChI is InChI=1S/C22H40O4/c1-2-3-4-5-6-8-11-14-17-20(22(25)26)18-15-12-9-7-10-13-16-19-21(23)24/h17H,2-16,18-19H2,1H3,(H,23,24)(H,25,26). The first-order valence-corrected chi connectivity index (χ1v) is 10.7. The second-order valence-corrected chi connectivity index (χ2v) is 7.31. The third-order valence-corrected chi connectivity index (χ3v) is 4.81. The largest absolute Gasteiger partial charge is 0.481 e. The summed E-state index contributed by atoms with van der Waals surface area (Å²) in [4.78, 5) is 21.7. The van der Waals surface area contributed by atoms with Crippen molar-refractivity contribution in [3.63, 3.8) is 0 Å². The molecule has 0 aliphatic rings. The lowest BCUT2D eigenvalue weighted by atomic mass is 10.0. The van der Waals surface area contributed by atoms with E-state index in [0.717, 1.165) is 57.8 Å². The summed E-state index contributed by atoms with van der Waals surface area (Å²) in [6.45, 7) is 2.22. The van der Waals surface area contributed by atoms with Crippen LogP contribution in [0.4, 0.5) is 0 Å². The maximum Gasteiger partial charge on any atom is 0.331 e. The molecule has 4 nitrogen and oxygen atoms in total. The number of carbonyl (C=O) groups is 2. The van der Waals surface area contributed by atoms with E-state index in [-0.39, 0.29) is 6.42 Å². The Balaban J connectivity index is 3.63. The molecule has 2 N–H and O–H groups in total. The molecule has 152 valence electrons. The lowest BCUT2D eigenvalue weighted by molar-refractivity contribution is -0.137. The van der Waals surface area contributed by atoms with Crippen molar-refractivity contribution < 1.29 is 19.8 Å². The monoisotopic (exact) mass is 368 g/mol. The van der Waals surface area contributed by atoms with E-state index in [1.807, 2.05) is 6.08 Å². The van der Waals surface area contributed by atoms with Crippen LogP contribution in [0.3, 0.4) is 0 Å². The average Bonchev–Trinajstić information content (AvgIpc) is 2.60. The fraction of sp³-hybridized carbons (Fsp3) is 0.818. The molecule has 0 aromatic rings.